The lowest BCUT2D eigenvalue weighted by Gasteiger charge is -2.10. The van der Waals surface area contributed by atoms with Gasteiger partial charge in [0.2, 0.25) is 0 Å². The second-order valence-corrected chi connectivity index (χ2v) is 8.55. The van der Waals surface area contributed by atoms with E-state index in [0.29, 0.717) is 22.9 Å². The Balaban J connectivity index is 1.45. The number of nitrogens with zero attached hydrogens (tertiary/aromatic N) is 1. The number of amides is 1. The molecule has 0 spiro atoms. The molecule has 0 aliphatic carbocycles. The third-order valence-corrected chi connectivity index (χ3v) is 6.35. The first kappa shape index (κ1) is 19.7. The van der Waals surface area contributed by atoms with Crippen LogP contribution in [0, 0.1) is 0 Å². The normalized spacial score (nSPS) is 12.0. The van der Waals surface area contributed by atoms with Crippen molar-refractivity contribution in [1.82, 2.24) is 5.32 Å². The molecular weight excluding hydrogens is 428 g/mol. The second kappa shape index (κ2) is 8.46. The van der Waals surface area contributed by atoms with Gasteiger partial charge in [0, 0.05) is 32.2 Å². The highest BCUT2D eigenvalue weighted by atomic mass is 35.5. The molecule has 1 amide bonds. The van der Waals surface area contributed by atoms with Crippen LogP contribution in [0.3, 0.4) is 0 Å². The summed E-state index contributed by atoms with van der Waals surface area (Å²) in [6.07, 6.45) is 3.46. The zero-order valence-electron chi connectivity index (χ0n) is 16.3. The fraction of sp³-hybridized carbons (Fsp3) is 0.0400. The van der Waals surface area contributed by atoms with Gasteiger partial charge in [0.25, 0.3) is 5.91 Å². The van der Waals surface area contributed by atoms with E-state index in [1.54, 1.807) is 24.1 Å². The second-order valence-electron chi connectivity index (χ2n) is 7.03. The molecule has 0 unspecified atom stereocenters. The molecule has 4 aromatic rings. The van der Waals surface area contributed by atoms with E-state index in [1.165, 1.54) is 0 Å². The first-order chi connectivity index (χ1) is 15.2. The van der Waals surface area contributed by atoms with Gasteiger partial charge in [0.15, 0.2) is 0 Å². The molecule has 0 atom stereocenters. The maximum Gasteiger partial charge on any atom is 0.251 e. The quantitative estimate of drug-likeness (QED) is 0.333. The molecule has 1 aromatic heterocycles. The summed E-state index contributed by atoms with van der Waals surface area (Å²) in [5.74, 6) is 0.543. The van der Waals surface area contributed by atoms with Crippen molar-refractivity contribution >= 4 is 41.2 Å². The van der Waals surface area contributed by atoms with E-state index in [4.69, 9.17) is 21.0 Å². The van der Waals surface area contributed by atoms with Gasteiger partial charge >= 0.3 is 0 Å². The molecule has 1 aliphatic rings. The van der Waals surface area contributed by atoms with Crippen LogP contribution in [0.2, 0.25) is 5.02 Å². The summed E-state index contributed by atoms with van der Waals surface area (Å²) in [5.41, 5.74) is 4.48. The zero-order chi connectivity index (χ0) is 21.2. The maximum absolute atomic E-state index is 12.6. The van der Waals surface area contributed by atoms with Crippen LogP contribution in [0.5, 0.6) is 0 Å². The average molecular weight is 445 g/mol. The standard InChI is InChI=1S/C25H17ClN2O2S/c26-18-5-1-4-16(12-18)20-7-2-8-23-21(20)15-27-22-13-17(9-10-24(22)31-23)25(29)28-14-19-6-3-11-30-19/h1-13,15H,14H2,(H,28,29). The van der Waals surface area contributed by atoms with E-state index in [-0.39, 0.29) is 5.91 Å². The van der Waals surface area contributed by atoms with E-state index in [2.05, 4.69) is 17.4 Å². The molecule has 0 fully saturated rings. The number of nitrogens with one attached hydrogen (secondary N) is 1. The SMILES string of the molecule is O=C(NCc1ccco1)c1ccc2c(c1)N=Cc1c(cccc1-c1cccc(Cl)c1)S2. The Morgan fingerprint density at radius 3 is 2.74 bits per heavy atom. The minimum absolute atomic E-state index is 0.166. The summed E-state index contributed by atoms with van der Waals surface area (Å²) >= 11 is 7.85. The van der Waals surface area contributed by atoms with E-state index in [0.717, 1.165) is 32.2 Å². The molecule has 0 radical (unpaired) electrons. The molecular formula is C25H17ClN2O2S. The van der Waals surface area contributed by atoms with Crippen molar-refractivity contribution in [3.05, 3.63) is 101 Å². The number of hydrogen-bond acceptors (Lipinski definition) is 4. The molecule has 5 rings (SSSR count). The lowest BCUT2D eigenvalue weighted by Crippen LogP contribution is -2.22. The molecule has 3 aromatic carbocycles. The van der Waals surface area contributed by atoms with Crippen LogP contribution in [-0.2, 0) is 6.54 Å². The predicted octanol–water partition coefficient (Wildman–Crippen LogP) is 6.75. The molecule has 0 saturated heterocycles. The molecule has 2 heterocycles. The topological polar surface area (TPSA) is 54.6 Å². The molecule has 0 saturated carbocycles. The molecule has 6 heteroatoms. The summed E-state index contributed by atoms with van der Waals surface area (Å²) in [6, 6.07) is 23.2. The van der Waals surface area contributed by atoms with Crippen molar-refractivity contribution in [1.29, 1.82) is 0 Å². The third kappa shape index (κ3) is 4.15. The van der Waals surface area contributed by atoms with Gasteiger partial charge in [0.05, 0.1) is 18.5 Å². The molecule has 4 nitrogen and oxygen atoms in total. The van der Waals surface area contributed by atoms with Crippen LogP contribution in [0.25, 0.3) is 11.1 Å². The van der Waals surface area contributed by atoms with Crippen LogP contribution >= 0.6 is 23.4 Å². The Morgan fingerprint density at radius 2 is 1.90 bits per heavy atom. The Hall–Kier alpha value is -3.28. The number of carbonyl (C=O) groups is 1. The zero-order valence-corrected chi connectivity index (χ0v) is 17.9. The van der Waals surface area contributed by atoms with Crippen molar-refractivity contribution in [2.45, 2.75) is 16.3 Å². The van der Waals surface area contributed by atoms with Crippen molar-refractivity contribution in [2.24, 2.45) is 4.99 Å². The number of aliphatic imine (C=N–C) groups is 1. The van der Waals surface area contributed by atoms with Crippen molar-refractivity contribution in [3.8, 4) is 11.1 Å². The number of carbonyl (C=O) groups excluding carboxylic acids is 1. The van der Waals surface area contributed by atoms with Gasteiger partial charge in [-0.2, -0.15) is 0 Å². The molecule has 31 heavy (non-hydrogen) atoms. The summed E-state index contributed by atoms with van der Waals surface area (Å²) in [7, 11) is 0. The van der Waals surface area contributed by atoms with Gasteiger partial charge < -0.3 is 9.73 Å². The van der Waals surface area contributed by atoms with Crippen LogP contribution < -0.4 is 5.32 Å². The number of furan rings is 1. The lowest BCUT2D eigenvalue weighted by atomic mass is 10.0. The number of fused-ring (bicyclic) bond motifs is 2. The van der Waals surface area contributed by atoms with Gasteiger partial charge in [-0.25, -0.2) is 0 Å². The molecule has 1 aliphatic heterocycles. The number of rotatable bonds is 4. The van der Waals surface area contributed by atoms with Crippen molar-refractivity contribution in [2.75, 3.05) is 0 Å². The predicted molar refractivity (Wildman–Crippen MR) is 125 cm³/mol. The highest BCUT2D eigenvalue weighted by Gasteiger charge is 2.17. The highest BCUT2D eigenvalue weighted by molar-refractivity contribution is 7.99. The number of hydrogen-bond donors (Lipinski definition) is 1. The van der Waals surface area contributed by atoms with E-state index in [9.17, 15) is 4.79 Å². The molecule has 0 bridgehead atoms. The minimum Gasteiger partial charge on any atom is -0.467 e. The number of halogens is 1. The van der Waals surface area contributed by atoms with Gasteiger partial charge in [-0.3, -0.25) is 9.79 Å². The largest absolute Gasteiger partial charge is 0.467 e. The molecule has 152 valence electrons. The Labute approximate surface area is 189 Å². The van der Waals surface area contributed by atoms with Crippen LogP contribution in [-0.4, -0.2) is 12.1 Å². The fourth-order valence-electron chi connectivity index (χ4n) is 3.45. The van der Waals surface area contributed by atoms with Gasteiger partial charge in [-0.05, 0) is 59.7 Å². The minimum atomic E-state index is -0.166. The Morgan fingerprint density at radius 1 is 1.00 bits per heavy atom. The lowest BCUT2D eigenvalue weighted by molar-refractivity contribution is 0.0948. The summed E-state index contributed by atoms with van der Waals surface area (Å²) in [6.45, 7) is 0.343. The highest BCUT2D eigenvalue weighted by Crippen LogP contribution is 2.42. The average Bonchev–Trinajstić information content (AvgIpc) is 3.23. The van der Waals surface area contributed by atoms with Gasteiger partial charge in [-0.15, -0.1) is 0 Å². The van der Waals surface area contributed by atoms with E-state index >= 15 is 0 Å². The summed E-state index contributed by atoms with van der Waals surface area (Å²) in [4.78, 5) is 19.4. The molecule has 1 N–H and O–H groups in total. The smallest absolute Gasteiger partial charge is 0.251 e. The summed E-state index contributed by atoms with van der Waals surface area (Å²) < 4.78 is 5.27. The fourth-order valence-corrected chi connectivity index (χ4v) is 4.65. The Kier molecular flexibility index (Phi) is 5.37. The van der Waals surface area contributed by atoms with Crippen molar-refractivity contribution < 1.29 is 9.21 Å². The van der Waals surface area contributed by atoms with Crippen molar-refractivity contribution in [3.63, 3.8) is 0 Å². The van der Waals surface area contributed by atoms with E-state index in [1.807, 2.05) is 60.8 Å². The monoisotopic (exact) mass is 444 g/mol. The Bertz CT molecular complexity index is 1300. The summed E-state index contributed by atoms with van der Waals surface area (Å²) in [5, 5.41) is 3.57. The van der Waals surface area contributed by atoms with Crippen LogP contribution in [0.15, 0.2) is 98.3 Å². The first-order valence-electron chi connectivity index (χ1n) is 9.73. The van der Waals surface area contributed by atoms with Gasteiger partial charge in [-0.1, -0.05) is 47.6 Å². The third-order valence-electron chi connectivity index (χ3n) is 4.98. The maximum atomic E-state index is 12.6. The van der Waals surface area contributed by atoms with Crippen LogP contribution in [0.1, 0.15) is 21.7 Å². The number of benzene rings is 3. The van der Waals surface area contributed by atoms with Gasteiger partial charge in [0.1, 0.15) is 5.76 Å². The van der Waals surface area contributed by atoms with E-state index < -0.39 is 0 Å². The first-order valence-corrected chi connectivity index (χ1v) is 10.9. The van der Waals surface area contributed by atoms with Crippen LogP contribution in [0.4, 0.5) is 5.69 Å².